The zero-order valence-corrected chi connectivity index (χ0v) is 11.6. The zero-order valence-electron chi connectivity index (χ0n) is 11.6. The number of benzene rings is 1. The molecule has 5 nitrogen and oxygen atoms in total. The van der Waals surface area contributed by atoms with Gasteiger partial charge in [0, 0.05) is 24.2 Å². The SMILES string of the molecule is CNC(=O)c1ccc(C)c(NC(=O)C(C)CCN)c1. The molecule has 1 atom stereocenters. The van der Waals surface area contributed by atoms with Crippen LogP contribution in [0.1, 0.15) is 29.3 Å². The van der Waals surface area contributed by atoms with E-state index in [0.717, 1.165) is 5.56 Å². The van der Waals surface area contributed by atoms with Gasteiger partial charge in [0.2, 0.25) is 5.91 Å². The first kappa shape index (κ1) is 15.2. The van der Waals surface area contributed by atoms with Crippen LogP contribution < -0.4 is 16.4 Å². The number of rotatable bonds is 5. The van der Waals surface area contributed by atoms with Gasteiger partial charge in [0.15, 0.2) is 0 Å². The number of aryl methyl sites for hydroxylation is 1. The van der Waals surface area contributed by atoms with Crippen LogP contribution in [0.4, 0.5) is 5.69 Å². The second kappa shape index (κ2) is 6.89. The second-order valence-electron chi connectivity index (χ2n) is 4.58. The molecule has 1 unspecified atom stereocenters. The average Bonchev–Trinajstić information content (AvgIpc) is 2.40. The summed E-state index contributed by atoms with van der Waals surface area (Å²) in [5.41, 5.74) is 7.54. The fourth-order valence-electron chi connectivity index (χ4n) is 1.68. The lowest BCUT2D eigenvalue weighted by Crippen LogP contribution is -2.23. The molecule has 0 aliphatic heterocycles. The van der Waals surface area contributed by atoms with Crippen LogP contribution in [0, 0.1) is 12.8 Å². The van der Waals surface area contributed by atoms with Crippen molar-refractivity contribution < 1.29 is 9.59 Å². The van der Waals surface area contributed by atoms with Gasteiger partial charge in [-0.15, -0.1) is 0 Å². The van der Waals surface area contributed by atoms with Gasteiger partial charge in [-0.1, -0.05) is 13.0 Å². The Morgan fingerprint density at radius 2 is 2.05 bits per heavy atom. The first-order valence-corrected chi connectivity index (χ1v) is 6.33. The van der Waals surface area contributed by atoms with Crippen molar-refractivity contribution >= 4 is 17.5 Å². The van der Waals surface area contributed by atoms with Crippen molar-refractivity contribution in [1.29, 1.82) is 0 Å². The van der Waals surface area contributed by atoms with Gasteiger partial charge in [-0.25, -0.2) is 0 Å². The van der Waals surface area contributed by atoms with Crippen LogP contribution in [0.15, 0.2) is 18.2 Å². The fourth-order valence-corrected chi connectivity index (χ4v) is 1.68. The summed E-state index contributed by atoms with van der Waals surface area (Å²) in [5.74, 6) is -0.402. The molecule has 0 saturated carbocycles. The lowest BCUT2D eigenvalue weighted by atomic mass is 10.1. The molecule has 104 valence electrons. The molecule has 5 heteroatoms. The molecule has 0 spiro atoms. The van der Waals surface area contributed by atoms with Crippen molar-refractivity contribution in [2.45, 2.75) is 20.3 Å². The highest BCUT2D eigenvalue weighted by Crippen LogP contribution is 2.18. The highest BCUT2D eigenvalue weighted by molar-refractivity contribution is 5.98. The molecule has 1 aromatic rings. The molecule has 0 aliphatic rings. The lowest BCUT2D eigenvalue weighted by molar-refractivity contribution is -0.119. The van der Waals surface area contributed by atoms with E-state index in [-0.39, 0.29) is 17.7 Å². The number of anilines is 1. The summed E-state index contributed by atoms with van der Waals surface area (Å²) < 4.78 is 0. The van der Waals surface area contributed by atoms with Crippen molar-refractivity contribution in [2.24, 2.45) is 11.7 Å². The van der Waals surface area contributed by atoms with Gasteiger partial charge >= 0.3 is 0 Å². The second-order valence-corrected chi connectivity index (χ2v) is 4.58. The summed E-state index contributed by atoms with van der Waals surface area (Å²) in [6.45, 7) is 4.20. The number of nitrogens with one attached hydrogen (secondary N) is 2. The number of amides is 2. The van der Waals surface area contributed by atoms with E-state index in [2.05, 4.69) is 10.6 Å². The van der Waals surface area contributed by atoms with E-state index in [1.165, 1.54) is 0 Å². The number of carbonyl (C=O) groups is 2. The van der Waals surface area contributed by atoms with E-state index in [1.54, 1.807) is 19.2 Å². The van der Waals surface area contributed by atoms with Crippen molar-refractivity contribution in [3.8, 4) is 0 Å². The van der Waals surface area contributed by atoms with E-state index in [9.17, 15) is 9.59 Å². The standard InChI is InChI=1S/C14H21N3O2/c1-9-4-5-11(14(19)16-3)8-12(9)17-13(18)10(2)6-7-15/h4-5,8,10H,6-7,15H2,1-3H3,(H,16,19)(H,17,18). The molecule has 0 radical (unpaired) electrons. The Bertz CT molecular complexity index is 472. The molecule has 0 aliphatic carbocycles. The minimum atomic E-state index is -0.175. The minimum absolute atomic E-state index is 0.0809. The van der Waals surface area contributed by atoms with Crippen molar-refractivity contribution in [3.05, 3.63) is 29.3 Å². The van der Waals surface area contributed by atoms with Gasteiger partial charge in [0.05, 0.1) is 0 Å². The molecule has 0 aromatic heterocycles. The van der Waals surface area contributed by atoms with Crippen LogP contribution in [0.2, 0.25) is 0 Å². The topological polar surface area (TPSA) is 84.2 Å². The lowest BCUT2D eigenvalue weighted by Gasteiger charge is -2.14. The monoisotopic (exact) mass is 263 g/mol. The number of nitrogens with two attached hydrogens (primary N) is 1. The Balaban J connectivity index is 2.88. The smallest absolute Gasteiger partial charge is 0.251 e. The summed E-state index contributed by atoms with van der Waals surface area (Å²) in [4.78, 5) is 23.5. The molecule has 0 saturated heterocycles. The third-order valence-corrected chi connectivity index (χ3v) is 3.03. The average molecular weight is 263 g/mol. The van der Waals surface area contributed by atoms with Crippen molar-refractivity contribution in [1.82, 2.24) is 5.32 Å². The van der Waals surface area contributed by atoms with Gasteiger partial charge in [0.1, 0.15) is 0 Å². The third kappa shape index (κ3) is 4.06. The highest BCUT2D eigenvalue weighted by Gasteiger charge is 2.14. The van der Waals surface area contributed by atoms with Crippen LogP contribution in [-0.2, 0) is 4.79 Å². The van der Waals surface area contributed by atoms with E-state index < -0.39 is 0 Å². The summed E-state index contributed by atoms with van der Waals surface area (Å²) in [5, 5.41) is 5.40. The molecule has 1 rings (SSSR count). The Labute approximate surface area is 113 Å². The molecule has 0 fully saturated rings. The molecular weight excluding hydrogens is 242 g/mol. The molecule has 2 amide bonds. The first-order chi connectivity index (χ1) is 8.99. The van der Waals surface area contributed by atoms with E-state index in [0.29, 0.717) is 24.2 Å². The van der Waals surface area contributed by atoms with E-state index >= 15 is 0 Å². The molecule has 1 aromatic carbocycles. The Kier molecular flexibility index (Phi) is 5.51. The van der Waals surface area contributed by atoms with Crippen molar-refractivity contribution in [2.75, 3.05) is 18.9 Å². The fraction of sp³-hybridized carbons (Fsp3) is 0.429. The highest BCUT2D eigenvalue weighted by atomic mass is 16.2. The van der Waals surface area contributed by atoms with Gasteiger partial charge in [-0.05, 0) is 37.6 Å². The Morgan fingerprint density at radius 1 is 1.37 bits per heavy atom. The first-order valence-electron chi connectivity index (χ1n) is 6.33. The van der Waals surface area contributed by atoms with Crippen LogP contribution in [0.25, 0.3) is 0 Å². The summed E-state index contributed by atoms with van der Waals surface area (Å²) in [7, 11) is 1.57. The molecule has 4 N–H and O–H groups in total. The number of hydrogen-bond donors (Lipinski definition) is 3. The van der Waals surface area contributed by atoms with Crippen LogP contribution in [-0.4, -0.2) is 25.4 Å². The molecular formula is C14H21N3O2. The minimum Gasteiger partial charge on any atom is -0.355 e. The van der Waals surface area contributed by atoms with Gasteiger partial charge in [-0.2, -0.15) is 0 Å². The van der Waals surface area contributed by atoms with Crippen LogP contribution in [0.5, 0.6) is 0 Å². The van der Waals surface area contributed by atoms with Crippen molar-refractivity contribution in [3.63, 3.8) is 0 Å². The van der Waals surface area contributed by atoms with E-state index in [4.69, 9.17) is 5.73 Å². The van der Waals surface area contributed by atoms with Gasteiger partial charge in [-0.3, -0.25) is 9.59 Å². The number of hydrogen-bond acceptors (Lipinski definition) is 3. The Morgan fingerprint density at radius 3 is 2.63 bits per heavy atom. The summed E-state index contributed by atoms with van der Waals surface area (Å²) in [6.07, 6.45) is 0.639. The molecule has 0 bridgehead atoms. The Hall–Kier alpha value is -1.88. The van der Waals surface area contributed by atoms with E-state index in [1.807, 2.05) is 19.9 Å². The molecule has 0 heterocycles. The summed E-state index contributed by atoms with van der Waals surface area (Å²) in [6, 6.07) is 5.22. The zero-order chi connectivity index (χ0) is 14.4. The van der Waals surface area contributed by atoms with Gasteiger partial charge < -0.3 is 16.4 Å². The molecule has 19 heavy (non-hydrogen) atoms. The third-order valence-electron chi connectivity index (χ3n) is 3.03. The predicted octanol–water partition coefficient (Wildman–Crippen LogP) is 1.28. The number of carbonyl (C=O) groups excluding carboxylic acids is 2. The maximum absolute atomic E-state index is 11.9. The van der Waals surface area contributed by atoms with Crippen LogP contribution >= 0.6 is 0 Å². The maximum atomic E-state index is 11.9. The largest absolute Gasteiger partial charge is 0.355 e. The summed E-state index contributed by atoms with van der Waals surface area (Å²) >= 11 is 0. The normalized spacial score (nSPS) is 11.8. The van der Waals surface area contributed by atoms with Crippen LogP contribution in [0.3, 0.4) is 0 Å². The quantitative estimate of drug-likeness (QED) is 0.748. The van der Waals surface area contributed by atoms with Gasteiger partial charge in [0.25, 0.3) is 5.91 Å². The predicted molar refractivity (Wildman–Crippen MR) is 76.0 cm³/mol. The maximum Gasteiger partial charge on any atom is 0.251 e.